The van der Waals surface area contributed by atoms with Gasteiger partial charge in [-0.2, -0.15) is 0 Å². The number of aliphatic hydroxyl groups is 3. The van der Waals surface area contributed by atoms with E-state index < -0.39 is 53.3 Å². The molecule has 1 aliphatic heterocycles. The third-order valence-corrected chi connectivity index (χ3v) is 6.25. The van der Waals surface area contributed by atoms with Crippen LogP contribution >= 0.6 is 0 Å². The van der Waals surface area contributed by atoms with Gasteiger partial charge in [-0.3, -0.25) is 4.79 Å². The summed E-state index contributed by atoms with van der Waals surface area (Å²) in [6.07, 6.45) is -4.18. The van der Waals surface area contributed by atoms with Gasteiger partial charge in [0.15, 0.2) is 0 Å². The maximum absolute atomic E-state index is 12.3. The van der Waals surface area contributed by atoms with Gasteiger partial charge in [0.1, 0.15) is 18.0 Å². The Hall–Kier alpha value is -1.70. The first-order valence-electron chi connectivity index (χ1n) is 8.61. The number of aliphatic hydroxyl groups excluding tert-OH is 3. The highest BCUT2D eigenvalue weighted by molar-refractivity contribution is 5.77. The SMILES string of the molecule is CC(C)c1oc(=O)cc2c1C(O)C1OC(=O)C3CC(O)C(O)C2(C)C31. The predicted octanol–water partition coefficient (Wildman–Crippen LogP) is 0.351. The van der Waals surface area contributed by atoms with Gasteiger partial charge in [0.25, 0.3) is 0 Å². The third-order valence-electron chi connectivity index (χ3n) is 6.25. The van der Waals surface area contributed by atoms with Gasteiger partial charge < -0.3 is 24.5 Å². The molecule has 136 valence electrons. The number of rotatable bonds is 1. The van der Waals surface area contributed by atoms with Crippen LogP contribution in [-0.2, 0) is 14.9 Å². The van der Waals surface area contributed by atoms with Crippen LogP contribution in [0.15, 0.2) is 15.3 Å². The normalized spacial score (nSPS) is 42.1. The summed E-state index contributed by atoms with van der Waals surface area (Å²) in [5.74, 6) is -1.48. The van der Waals surface area contributed by atoms with Crippen molar-refractivity contribution < 1.29 is 29.3 Å². The van der Waals surface area contributed by atoms with Gasteiger partial charge in [0.2, 0.25) is 0 Å². The maximum Gasteiger partial charge on any atom is 0.336 e. The lowest BCUT2D eigenvalue weighted by Crippen LogP contribution is -2.61. The van der Waals surface area contributed by atoms with Crippen molar-refractivity contribution in [3.8, 4) is 0 Å². The van der Waals surface area contributed by atoms with Gasteiger partial charge in [0, 0.05) is 28.9 Å². The van der Waals surface area contributed by atoms with Crippen molar-refractivity contribution in [1.29, 1.82) is 0 Å². The van der Waals surface area contributed by atoms with Gasteiger partial charge in [-0.05, 0) is 12.0 Å². The van der Waals surface area contributed by atoms with Crippen molar-refractivity contribution in [3.63, 3.8) is 0 Å². The fraction of sp³-hybridized carbons (Fsp3) is 0.667. The number of carbonyl (C=O) groups is 1. The summed E-state index contributed by atoms with van der Waals surface area (Å²) in [5.41, 5.74) is -0.841. The lowest BCUT2D eigenvalue weighted by atomic mass is 9.52. The monoisotopic (exact) mass is 350 g/mol. The molecule has 0 aromatic carbocycles. The Bertz CT molecular complexity index is 797. The third kappa shape index (κ3) is 1.97. The molecule has 1 saturated heterocycles. The first-order valence-corrected chi connectivity index (χ1v) is 8.61. The van der Waals surface area contributed by atoms with Crippen LogP contribution in [0.5, 0.6) is 0 Å². The maximum atomic E-state index is 12.3. The second kappa shape index (κ2) is 5.16. The smallest absolute Gasteiger partial charge is 0.336 e. The largest absolute Gasteiger partial charge is 0.459 e. The second-order valence-electron chi connectivity index (χ2n) is 7.92. The highest BCUT2D eigenvalue weighted by Crippen LogP contribution is 2.59. The molecule has 7 nitrogen and oxygen atoms in total. The van der Waals surface area contributed by atoms with Crippen molar-refractivity contribution in [2.75, 3.05) is 0 Å². The molecule has 3 N–H and O–H groups in total. The van der Waals surface area contributed by atoms with E-state index in [1.54, 1.807) is 6.92 Å². The summed E-state index contributed by atoms with van der Waals surface area (Å²) in [6, 6.07) is 1.27. The summed E-state index contributed by atoms with van der Waals surface area (Å²) in [6.45, 7) is 5.38. The van der Waals surface area contributed by atoms with E-state index in [1.807, 2.05) is 13.8 Å². The number of carbonyl (C=O) groups excluding carboxylic acids is 1. The molecule has 7 heteroatoms. The first-order chi connectivity index (χ1) is 11.7. The Morgan fingerprint density at radius 1 is 1.24 bits per heavy atom. The van der Waals surface area contributed by atoms with Crippen molar-refractivity contribution in [1.82, 2.24) is 0 Å². The minimum absolute atomic E-state index is 0.0806. The average Bonchev–Trinajstić information content (AvgIpc) is 2.88. The molecule has 1 aromatic rings. The first kappa shape index (κ1) is 16.8. The van der Waals surface area contributed by atoms with E-state index in [1.165, 1.54) is 6.07 Å². The minimum Gasteiger partial charge on any atom is -0.459 e. The van der Waals surface area contributed by atoms with Crippen LogP contribution in [0.4, 0.5) is 0 Å². The Balaban J connectivity index is 2.05. The summed E-state index contributed by atoms with van der Waals surface area (Å²) in [7, 11) is 0. The van der Waals surface area contributed by atoms with Crippen LogP contribution in [-0.4, -0.2) is 39.6 Å². The van der Waals surface area contributed by atoms with Gasteiger partial charge >= 0.3 is 11.6 Å². The molecule has 2 fully saturated rings. The molecule has 4 rings (SSSR count). The molecule has 3 aliphatic rings. The molecular formula is C18H22O7. The second-order valence-corrected chi connectivity index (χ2v) is 7.92. The quantitative estimate of drug-likeness (QED) is 0.626. The highest BCUT2D eigenvalue weighted by atomic mass is 16.6. The molecule has 7 atom stereocenters. The molecule has 0 bridgehead atoms. The summed E-state index contributed by atoms with van der Waals surface area (Å²) in [4.78, 5) is 24.4. The van der Waals surface area contributed by atoms with Gasteiger partial charge in [-0.1, -0.05) is 20.8 Å². The number of hydrogen-bond acceptors (Lipinski definition) is 7. The van der Waals surface area contributed by atoms with Crippen LogP contribution in [0.1, 0.15) is 56.1 Å². The Morgan fingerprint density at radius 2 is 1.92 bits per heavy atom. The molecule has 0 amide bonds. The standard InChI is InChI=1S/C18H22O7/c1-6(2)14-11-8(5-10(20)24-14)18(3)12-7(4-9(19)16(18)22)17(23)25-15(12)13(11)21/h5-7,9,12-13,15-16,19,21-22H,4H2,1-3H3. The van der Waals surface area contributed by atoms with Crippen molar-refractivity contribution in [3.05, 3.63) is 33.4 Å². The zero-order chi connectivity index (χ0) is 18.3. The fourth-order valence-electron chi connectivity index (χ4n) is 5.12. The summed E-state index contributed by atoms with van der Waals surface area (Å²) in [5, 5.41) is 32.0. The molecule has 1 saturated carbocycles. The van der Waals surface area contributed by atoms with Crippen molar-refractivity contribution in [2.24, 2.45) is 11.8 Å². The number of fused-ring (bicyclic) bond motifs is 2. The van der Waals surface area contributed by atoms with E-state index in [0.717, 1.165) is 0 Å². The zero-order valence-corrected chi connectivity index (χ0v) is 14.3. The summed E-state index contributed by atoms with van der Waals surface area (Å²) < 4.78 is 10.8. The van der Waals surface area contributed by atoms with Gasteiger partial charge in [0.05, 0.1) is 18.1 Å². The van der Waals surface area contributed by atoms with Crippen LogP contribution in [0.2, 0.25) is 0 Å². The molecule has 25 heavy (non-hydrogen) atoms. The van der Waals surface area contributed by atoms with E-state index in [2.05, 4.69) is 0 Å². The van der Waals surface area contributed by atoms with E-state index in [0.29, 0.717) is 16.9 Å². The Morgan fingerprint density at radius 3 is 2.56 bits per heavy atom. The summed E-state index contributed by atoms with van der Waals surface area (Å²) >= 11 is 0. The van der Waals surface area contributed by atoms with Crippen LogP contribution in [0, 0.1) is 11.8 Å². The lowest BCUT2D eigenvalue weighted by Gasteiger charge is -2.53. The highest BCUT2D eigenvalue weighted by Gasteiger charge is 2.66. The number of esters is 1. The van der Waals surface area contributed by atoms with Gasteiger partial charge in [-0.25, -0.2) is 4.79 Å². The van der Waals surface area contributed by atoms with E-state index in [4.69, 9.17) is 9.15 Å². The molecule has 1 aromatic heterocycles. The predicted molar refractivity (Wildman–Crippen MR) is 84.9 cm³/mol. The van der Waals surface area contributed by atoms with E-state index in [9.17, 15) is 24.9 Å². The Labute approximate surface area is 144 Å². The van der Waals surface area contributed by atoms with Crippen molar-refractivity contribution in [2.45, 2.75) is 62.9 Å². The topological polar surface area (TPSA) is 117 Å². The fourth-order valence-corrected chi connectivity index (χ4v) is 5.12. The Kier molecular flexibility index (Phi) is 3.45. The van der Waals surface area contributed by atoms with E-state index >= 15 is 0 Å². The lowest BCUT2D eigenvalue weighted by molar-refractivity contribution is -0.148. The van der Waals surface area contributed by atoms with Gasteiger partial charge in [-0.15, -0.1) is 0 Å². The molecule has 0 radical (unpaired) electrons. The molecule has 7 unspecified atom stereocenters. The average molecular weight is 350 g/mol. The van der Waals surface area contributed by atoms with Crippen LogP contribution < -0.4 is 5.63 Å². The molecule has 0 spiro atoms. The zero-order valence-electron chi connectivity index (χ0n) is 14.3. The molecule has 2 heterocycles. The van der Waals surface area contributed by atoms with Crippen LogP contribution in [0.3, 0.4) is 0 Å². The number of hydrogen-bond donors (Lipinski definition) is 3. The van der Waals surface area contributed by atoms with Crippen molar-refractivity contribution >= 4 is 5.97 Å². The molecule has 2 aliphatic carbocycles. The number of ether oxygens (including phenoxy) is 1. The van der Waals surface area contributed by atoms with E-state index in [-0.39, 0.29) is 12.3 Å². The molecular weight excluding hydrogens is 328 g/mol. The minimum atomic E-state index is -1.18. The van der Waals surface area contributed by atoms with Crippen LogP contribution in [0.25, 0.3) is 0 Å².